The van der Waals surface area contributed by atoms with E-state index in [4.69, 9.17) is 4.74 Å². The molecule has 0 rings (SSSR count). The van der Waals surface area contributed by atoms with Crippen LogP contribution in [0.5, 0.6) is 0 Å². The molecule has 0 fully saturated rings. The molecule has 6 heteroatoms. The summed E-state index contributed by atoms with van der Waals surface area (Å²) < 4.78 is 7.51. The molecule has 0 aliphatic carbocycles. The summed E-state index contributed by atoms with van der Waals surface area (Å²) in [6.45, 7) is 16.9. The molecule has 0 aliphatic rings. The van der Waals surface area contributed by atoms with Gasteiger partial charge < -0.3 is 14.4 Å². The molecule has 142 valence electrons. The molecule has 0 saturated carbocycles. The summed E-state index contributed by atoms with van der Waals surface area (Å²) in [5, 5.41) is 9.69. The van der Waals surface area contributed by atoms with Crippen molar-refractivity contribution in [3.05, 3.63) is 0 Å². The summed E-state index contributed by atoms with van der Waals surface area (Å²) in [4.78, 5) is 23.6. The molecule has 5 nitrogen and oxygen atoms in total. The number of carbonyl (C=O) groups is 2. The highest BCUT2D eigenvalue weighted by atomic mass is 28.3. The number of hydrogen-bond donors (Lipinski definition) is 1. The SMILES string of the molecule is CC[C@H](C)[C@@H](C(=O)O)N(CCCCC(=O)OC(C)(C)C)[Si](C)(C)C. The third kappa shape index (κ3) is 8.83. The van der Waals surface area contributed by atoms with E-state index in [1.807, 2.05) is 34.6 Å². The molecule has 0 saturated heterocycles. The summed E-state index contributed by atoms with van der Waals surface area (Å²) in [5.41, 5.74) is -0.452. The lowest BCUT2D eigenvalue weighted by atomic mass is 9.99. The summed E-state index contributed by atoms with van der Waals surface area (Å²) in [6.07, 6.45) is 2.76. The number of nitrogens with zero attached hydrogens (tertiary/aromatic N) is 1. The van der Waals surface area contributed by atoms with Gasteiger partial charge in [-0.3, -0.25) is 9.59 Å². The predicted molar refractivity (Wildman–Crippen MR) is 101 cm³/mol. The lowest BCUT2D eigenvalue weighted by molar-refractivity contribution is -0.155. The third-order valence-corrected chi connectivity index (χ3v) is 6.31. The second-order valence-electron chi connectivity index (χ2n) is 8.58. The molecule has 0 bridgehead atoms. The van der Waals surface area contributed by atoms with Crippen molar-refractivity contribution in [2.75, 3.05) is 6.54 Å². The number of esters is 1. The van der Waals surface area contributed by atoms with Crippen LogP contribution in [0, 0.1) is 5.92 Å². The molecule has 24 heavy (non-hydrogen) atoms. The van der Waals surface area contributed by atoms with Gasteiger partial charge in [0, 0.05) is 6.42 Å². The maximum absolute atomic E-state index is 11.8. The van der Waals surface area contributed by atoms with Gasteiger partial charge in [-0.2, -0.15) is 0 Å². The predicted octanol–water partition coefficient (Wildman–Crippen LogP) is 4.13. The Kier molecular flexibility index (Phi) is 9.21. The number of ether oxygens (including phenoxy) is 1. The summed E-state index contributed by atoms with van der Waals surface area (Å²) in [5.74, 6) is -0.808. The highest BCUT2D eigenvalue weighted by Crippen LogP contribution is 2.23. The van der Waals surface area contributed by atoms with Crippen molar-refractivity contribution in [2.24, 2.45) is 5.92 Å². The largest absolute Gasteiger partial charge is 0.480 e. The van der Waals surface area contributed by atoms with Crippen LogP contribution < -0.4 is 0 Å². The number of hydrogen-bond acceptors (Lipinski definition) is 4. The van der Waals surface area contributed by atoms with E-state index < -0.39 is 25.8 Å². The molecule has 0 heterocycles. The standard InChI is InChI=1S/C18H37NO4Si/c1-9-14(2)16(17(21)22)19(24(6,7)8)13-11-10-12-15(20)23-18(3,4)5/h14,16H,9-13H2,1-8H3,(H,21,22)/t14-,16-/m0/s1. The van der Waals surface area contributed by atoms with Gasteiger partial charge in [-0.1, -0.05) is 39.9 Å². The summed E-state index contributed by atoms with van der Waals surface area (Å²) in [7, 11) is -1.77. The fraction of sp³-hybridized carbons (Fsp3) is 0.889. The van der Waals surface area contributed by atoms with E-state index in [-0.39, 0.29) is 11.9 Å². The third-order valence-electron chi connectivity index (χ3n) is 4.08. The highest BCUT2D eigenvalue weighted by molar-refractivity contribution is 6.73. The number of unbranched alkanes of at least 4 members (excludes halogenated alkanes) is 1. The van der Waals surface area contributed by atoms with Crippen molar-refractivity contribution in [2.45, 2.75) is 91.6 Å². The van der Waals surface area contributed by atoms with Crippen LogP contribution in [0.2, 0.25) is 19.6 Å². The Labute approximate surface area is 148 Å². The quantitative estimate of drug-likeness (QED) is 0.361. The van der Waals surface area contributed by atoms with Crippen LogP contribution >= 0.6 is 0 Å². The molecule has 0 aliphatic heterocycles. The van der Waals surface area contributed by atoms with Gasteiger partial charge in [-0.05, 0) is 46.1 Å². The average Bonchev–Trinajstić information content (AvgIpc) is 2.37. The molecule has 0 spiro atoms. The van der Waals surface area contributed by atoms with Gasteiger partial charge >= 0.3 is 11.9 Å². The monoisotopic (exact) mass is 359 g/mol. The van der Waals surface area contributed by atoms with Crippen LogP contribution in [0.15, 0.2) is 0 Å². The molecule has 0 aromatic heterocycles. The fourth-order valence-electron chi connectivity index (χ4n) is 2.74. The van der Waals surface area contributed by atoms with Crippen LogP contribution in [0.1, 0.15) is 60.3 Å². The molecular formula is C18H37NO4Si. The lowest BCUT2D eigenvalue weighted by Crippen LogP contribution is -2.57. The van der Waals surface area contributed by atoms with Gasteiger partial charge in [0.05, 0.1) is 0 Å². The lowest BCUT2D eigenvalue weighted by Gasteiger charge is -2.41. The molecule has 0 aromatic carbocycles. The van der Waals surface area contributed by atoms with Gasteiger partial charge in [-0.25, -0.2) is 0 Å². The minimum atomic E-state index is -1.77. The first-order valence-corrected chi connectivity index (χ1v) is 12.5. The van der Waals surface area contributed by atoms with Crippen molar-refractivity contribution in [1.82, 2.24) is 4.57 Å². The Balaban J connectivity index is 4.72. The van der Waals surface area contributed by atoms with Crippen LogP contribution in [0.25, 0.3) is 0 Å². The van der Waals surface area contributed by atoms with Crippen LogP contribution in [-0.4, -0.2) is 48.0 Å². The second-order valence-corrected chi connectivity index (χ2v) is 13.5. The van der Waals surface area contributed by atoms with Gasteiger partial charge in [-0.15, -0.1) is 0 Å². The van der Waals surface area contributed by atoms with Crippen molar-refractivity contribution >= 4 is 20.2 Å². The average molecular weight is 360 g/mol. The summed E-state index contributed by atoms with van der Waals surface area (Å²) >= 11 is 0. The Morgan fingerprint density at radius 2 is 1.71 bits per heavy atom. The van der Waals surface area contributed by atoms with E-state index in [1.54, 1.807) is 0 Å². The minimum absolute atomic E-state index is 0.111. The molecular weight excluding hydrogens is 322 g/mol. The topological polar surface area (TPSA) is 66.8 Å². The van der Waals surface area contributed by atoms with Crippen LogP contribution in [0.3, 0.4) is 0 Å². The Bertz CT molecular complexity index is 412. The number of rotatable bonds is 10. The Morgan fingerprint density at radius 3 is 2.08 bits per heavy atom. The fourth-order valence-corrected chi connectivity index (χ4v) is 4.77. The number of carboxylic acids is 1. The van der Waals surface area contributed by atoms with E-state index in [1.165, 1.54) is 0 Å². The van der Waals surface area contributed by atoms with Gasteiger partial charge in [0.25, 0.3) is 0 Å². The van der Waals surface area contributed by atoms with Crippen LogP contribution in [0.4, 0.5) is 0 Å². The molecule has 0 amide bonds. The molecule has 0 aromatic rings. The van der Waals surface area contributed by atoms with Crippen molar-refractivity contribution in [1.29, 1.82) is 0 Å². The van der Waals surface area contributed by atoms with Gasteiger partial charge in [0.2, 0.25) is 0 Å². The first-order valence-electron chi connectivity index (χ1n) is 9.01. The van der Waals surface area contributed by atoms with Gasteiger partial charge in [0.1, 0.15) is 19.9 Å². The molecule has 2 atom stereocenters. The molecule has 0 radical (unpaired) electrons. The maximum atomic E-state index is 11.8. The van der Waals surface area contributed by atoms with E-state index in [0.29, 0.717) is 6.42 Å². The highest BCUT2D eigenvalue weighted by Gasteiger charge is 2.37. The van der Waals surface area contributed by atoms with Crippen molar-refractivity contribution < 1.29 is 19.4 Å². The minimum Gasteiger partial charge on any atom is -0.480 e. The zero-order valence-corrected chi connectivity index (χ0v) is 17.8. The number of carbonyl (C=O) groups excluding carboxylic acids is 1. The van der Waals surface area contributed by atoms with E-state index in [2.05, 4.69) is 24.2 Å². The Hall–Kier alpha value is -0.883. The zero-order chi connectivity index (χ0) is 19.1. The van der Waals surface area contributed by atoms with Gasteiger partial charge in [0.15, 0.2) is 0 Å². The summed E-state index contributed by atoms with van der Waals surface area (Å²) in [6, 6.07) is -0.441. The van der Waals surface area contributed by atoms with Crippen LogP contribution in [-0.2, 0) is 14.3 Å². The smallest absolute Gasteiger partial charge is 0.320 e. The number of aliphatic carboxylic acids is 1. The maximum Gasteiger partial charge on any atom is 0.320 e. The van der Waals surface area contributed by atoms with Crippen molar-refractivity contribution in [3.8, 4) is 0 Å². The van der Waals surface area contributed by atoms with Crippen molar-refractivity contribution in [3.63, 3.8) is 0 Å². The van der Waals surface area contributed by atoms with E-state index in [0.717, 1.165) is 25.8 Å². The first-order chi connectivity index (χ1) is 10.8. The van der Waals surface area contributed by atoms with E-state index >= 15 is 0 Å². The zero-order valence-electron chi connectivity index (χ0n) is 16.8. The van der Waals surface area contributed by atoms with E-state index in [9.17, 15) is 14.7 Å². The normalized spacial score (nSPS) is 15.2. The molecule has 1 N–H and O–H groups in total. The first kappa shape index (κ1) is 23.1. The Morgan fingerprint density at radius 1 is 1.17 bits per heavy atom. The second kappa shape index (κ2) is 9.56. The molecule has 0 unspecified atom stereocenters. The number of carboxylic acid groups (broad SMARTS) is 1.